The first kappa shape index (κ1) is 6.97. The highest BCUT2D eigenvalue weighted by atomic mass is 35.5. The summed E-state index contributed by atoms with van der Waals surface area (Å²) in [5.41, 5.74) is 0.351. The Balaban J connectivity index is 2.57. The third-order valence-corrected chi connectivity index (χ3v) is 2.17. The third-order valence-electron chi connectivity index (χ3n) is 1.93. The number of hydrogen-bond acceptors (Lipinski definition) is 3. The molecule has 1 aromatic heterocycles. The van der Waals surface area contributed by atoms with E-state index >= 15 is 0 Å². The Morgan fingerprint density at radius 1 is 1.31 bits per heavy atom. The quantitative estimate of drug-likeness (QED) is 0.517. The first-order valence-corrected chi connectivity index (χ1v) is 4.08. The van der Waals surface area contributed by atoms with Crippen LogP contribution in [-0.2, 0) is 0 Å². The van der Waals surface area contributed by atoms with Gasteiger partial charge in [0.05, 0.1) is 5.39 Å². The monoisotopic (exact) mass is 194 g/mol. The highest BCUT2D eigenvalue weighted by Crippen LogP contribution is 2.43. The van der Waals surface area contributed by atoms with Gasteiger partial charge in [-0.25, -0.2) is 0 Å². The summed E-state index contributed by atoms with van der Waals surface area (Å²) >= 11 is 5.74. The van der Waals surface area contributed by atoms with Gasteiger partial charge in [-0.1, -0.05) is 11.6 Å². The predicted molar refractivity (Wildman–Crippen MR) is 47.6 cm³/mol. The van der Waals surface area contributed by atoms with Crippen LogP contribution in [0.3, 0.4) is 0 Å². The second-order valence-corrected chi connectivity index (χ2v) is 3.23. The van der Waals surface area contributed by atoms with Crippen LogP contribution in [0, 0.1) is 0 Å². The largest absolute Gasteiger partial charge is 0.422 e. The first-order chi connectivity index (χ1) is 6.25. The fraction of sp³-hybridized carbons (Fsp3) is 0. The molecule has 2 heterocycles. The molecular formula is C9H3ClO3. The minimum atomic E-state index is -0.154. The van der Waals surface area contributed by atoms with Crippen molar-refractivity contribution in [1.29, 1.82) is 0 Å². The van der Waals surface area contributed by atoms with Gasteiger partial charge in [-0.3, -0.25) is 4.79 Å². The zero-order valence-electron chi connectivity index (χ0n) is 6.33. The van der Waals surface area contributed by atoms with Gasteiger partial charge in [0.25, 0.3) is 5.75 Å². The number of hydrogen-bond donors (Lipinski definition) is 0. The maximum Gasteiger partial charge on any atom is 0.340 e. The van der Waals surface area contributed by atoms with E-state index in [9.17, 15) is 4.79 Å². The molecule has 3 rings (SSSR count). The summed E-state index contributed by atoms with van der Waals surface area (Å²) in [5, 5.41) is 0.976. The van der Waals surface area contributed by atoms with Crippen LogP contribution in [0.4, 0.5) is 0 Å². The lowest BCUT2D eigenvalue weighted by Gasteiger charge is -1.91. The summed E-state index contributed by atoms with van der Waals surface area (Å²) < 4.78 is 10.0. The van der Waals surface area contributed by atoms with Crippen molar-refractivity contribution < 1.29 is 9.15 Å². The van der Waals surface area contributed by atoms with E-state index in [0.29, 0.717) is 27.7 Å². The summed E-state index contributed by atoms with van der Waals surface area (Å²) in [7, 11) is 0. The van der Waals surface area contributed by atoms with E-state index in [4.69, 9.17) is 20.8 Å². The van der Waals surface area contributed by atoms with Gasteiger partial charge in [-0.15, -0.1) is 0 Å². The van der Waals surface area contributed by atoms with E-state index < -0.39 is 0 Å². The average molecular weight is 195 g/mol. The molecule has 1 aromatic carbocycles. The average Bonchev–Trinajstić information content (AvgIpc) is 2.86. The Hall–Kier alpha value is -1.48. The molecule has 64 valence electrons. The van der Waals surface area contributed by atoms with Crippen LogP contribution in [0.5, 0.6) is 11.7 Å². The van der Waals surface area contributed by atoms with Crippen molar-refractivity contribution in [2.45, 2.75) is 0 Å². The van der Waals surface area contributed by atoms with Crippen LogP contribution < -0.4 is 10.2 Å². The molecule has 0 amide bonds. The molecule has 0 fully saturated rings. The van der Waals surface area contributed by atoms with Crippen molar-refractivity contribution in [3.8, 4) is 11.7 Å². The van der Waals surface area contributed by atoms with Crippen LogP contribution >= 0.6 is 11.6 Å². The molecule has 0 atom stereocenters. The van der Waals surface area contributed by atoms with Crippen molar-refractivity contribution in [1.82, 2.24) is 0 Å². The van der Waals surface area contributed by atoms with E-state index in [1.807, 2.05) is 0 Å². The second kappa shape index (κ2) is 2.06. The summed E-state index contributed by atoms with van der Waals surface area (Å²) in [4.78, 5) is 11.5. The van der Waals surface area contributed by atoms with E-state index in [2.05, 4.69) is 0 Å². The van der Waals surface area contributed by atoms with Crippen LogP contribution in [0.25, 0.3) is 11.0 Å². The minimum absolute atomic E-state index is 0.154. The molecular weight excluding hydrogens is 192 g/mol. The molecule has 4 heteroatoms. The molecule has 0 saturated carbocycles. The van der Waals surface area contributed by atoms with Crippen molar-refractivity contribution in [3.05, 3.63) is 33.4 Å². The second-order valence-electron chi connectivity index (χ2n) is 2.79. The number of rotatable bonds is 0. The summed E-state index contributed by atoms with van der Waals surface area (Å²) in [5.74, 6) is 0.620. The van der Waals surface area contributed by atoms with Crippen LogP contribution in [0.15, 0.2) is 27.4 Å². The predicted octanol–water partition coefficient (Wildman–Crippen LogP) is 2.55. The van der Waals surface area contributed by atoms with Crippen molar-refractivity contribution in [2.24, 2.45) is 0 Å². The first-order valence-electron chi connectivity index (χ1n) is 3.70. The zero-order valence-corrected chi connectivity index (χ0v) is 7.09. The van der Waals surface area contributed by atoms with Gasteiger partial charge in [0.1, 0.15) is 5.58 Å². The minimum Gasteiger partial charge on any atom is -0.422 e. The van der Waals surface area contributed by atoms with E-state index in [1.54, 1.807) is 18.2 Å². The SMILES string of the molecule is O=c1c2c(oc3ccc(Cl)cc13)O2. The third kappa shape index (κ3) is 0.876. The Labute approximate surface area is 77.5 Å². The smallest absolute Gasteiger partial charge is 0.340 e. The number of benzene rings is 1. The number of halogens is 1. The van der Waals surface area contributed by atoms with E-state index in [-0.39, 0.29) is 5.43 Å². The summed E-state index contributed by atoms with van der Waals surface area (Å²) in [6.07, 6.45) is 0. The molecule has 0 spiro atoms. The lowest BCUT2D eigenvalue weighted by atomic mass is 10.2. The molecule has 2 aromatic rings. The Morgan fingerprint density at radius 2 is 2.15 bits per heavy atom. The maximum atomic E-state index is 11.5. The molecule has 13 heavy (non-hydrogen) atoms. The molecule has 0 N–H and O–H groups in total. The molecule has 3 nitrogen and oxygen atoms in total. The highest BCUT2D eigenvalue weighted by Gasteiger charge is 2.30. The lowest BCUT2D eigenvalue weighted by Crippen LogP contribution is -1.94. The van der Waals surface area contributed by atoms with Gasteiger partial charge in [-0.2, -0.15) is 0 Å². The van der Waals surface area contributed by atoms with Gasteiger partial charge in [-0.05, 0) is 18.2 Å². The Kier molecular flexibility index (Phi) is 1.10. The van der Waals surface area contributed by atoms with E-state index in [1.165, 1.54) is 0 Å². The standard InChI is InChI=1S/C9H3ClO3/c10-4-1-2-6-5(3-4)7(11)8-9(12-6)13-8/h1-3H. The van der Waals surface area contributed by atoms with Gasteiger partial charge in [0.2, 0.25) is 5.43 Å². The van der Waals surface area contributed by atoms with Crippen molar-refractivity contribution in [2.75, 3.05) is 0 Å². The topological polar surface area (TPSA) is 42.7 Å². The zero-order chi connectivity index (χ0) is 9.00. The Bertz CT molecular complexity index is 571. The summed E-state index contributed by atoms with van der Waals surface area (Å²) in [6, 6.07) is 4.90. The van der Waals surface area contributed by atoms with Gasteiger partial charge < -0.3 is 9.15 Å². The summed E-state index contributed by atoms with van der Waals surface area (Å²) in [6.45, 7) is 0. The normalized spacial score (nSPS) is 12.4. The van der Waals surface area contributed by atoms with Gasteiger partial charge >= 0.3 is 5.95 Å². The Morgan fingerprint density at radius 3 is 3.00 bits per heavy atom. The highest BCUT2D eigenvalue weighted by molar-refractivity contribution is 6.31. The molecule has 0 radical (unpaired) electrons. The van der Waals surface area contributed by atoms with Crippen LogP contribution in [0.2, 0.25) is 5.02 Å². The molecule has 1 aliphatic rings. The number of ether oxygens (including phenoxy) is 1. The van der Waals surface area contributed by atoms with Crippen molar-refractivity contribution >= 4 is 22.6 Å². The molecule has 0 unspecified atom stereocenters. The van der Waals surface area contributed by atoms with E-state index in [0.717, 1.165) is 0 Å². The molecule has 0 saturated heterocycles. The van der Waals surface area contributed by atoms with Gasteiger partial charge in [0.15, 0.2) is 0 Å². The van der Waals surface area contributed by atoms with Crippen molar-refractivity contribution in [3.63, 3.8) is 0 Å². The van der Waals surface area contributed by atoms with Crippen LogP contribution in [-0.4, -0.2) is 0 Å². The molecule has 0 aliphatic carbocycles. The molecule has 1 aliphatic heterocycles. The van der Waals surface area contributed by atoms with Crippen LogP contribution in [0.1, 0.15) is 0 Å². The fourth-order valence-electron chi connectivity index (χ4n) is 1.26. The fourth-order valence-corrected chi connectivity index (χ4v) is 1.44. The molecule has 0 bridgehead atoms. The lowest BCUT2D eigenvalue weighted by molar-refractivity contribution is 0.491. The number of fused-ring (bicyclic) bond motifs is 2. The van der Waals surface area contributed by atoms with Gasteiger partial charge in [0, 0.05) is 5.02 Å². The maximum absolute atomic E-state index is 11.5.